The topological polar surface area (TPSA) is 57.8 Å². The van der Waals surface area contributed by atoms with Crippen molar-refractivity contribution in [3.05, 3.63) is 39.6 Å². The zero-order valence-corrected chi connectivity index (χ0v) is 10.6. The molecule has 1 atom stereocenters. The number of hydrogen-bond donors (Lipinski definition) is 2. The molecule has 1 unspecified atom stereocenters. The molecule has 0 bridgehead atoms. The first kappa shape index (κ1) is 12.0. The fourth-order valence-corrected chi connectivity index (χ4v) is 2.44. The van der Waals surface area contributed by atoms with Gasteiger partial charge in [0.1, 0.15) is 5.82 Å². The minimum atomic E-state index is -0.0269. The van der Waals surface area contributed by atoms with Gasteiger partial charge < -0.3 is 10.3 Å². The third-order valence-electron chi connectivity index (χ3n) is 3.19. The third kappa shape index (κ3) is 2.64. The Bertz CT molecular complexity index is 482. The normalized spacial score (nSPS) is 17.6. The van der Waals surface area contributed by atoms with Crippen LogP contribution >= 0.6 is 0 Å². The highest BCUT2D eigenvalue weighted by atomic mass is 16.1. The molecule has 0 spiro atoms. The Kier molecular flexibility index (Phi) is 3.43. The van der Waals surface area contributed by atoms with Crippen molar-refractivity contribution in [2.75, 3.05) is 0 Å². The van der Waals surface area contributed by atoms with Crippen molar-refractivity contribution in [2.24, 2.45) is 0 Å². The Morgan fingerprint density at radius 1 is 1.41 bits per heavy atom. The summed E-state index contributed by atoms with van der Waals surface area (Å²) in [4.78, 5) is 19.0. The standard InChI is InChI=1S/C13H19N3O/c1-8-12(13(17)16-10(3)14-8)9(2)15-11-6-4-5-7-11/h4-5,9,11,15H,6-7H2,1-3H3,(H,14,16,17). The smallest absolute Gasteiger partial charge is 0.255 e. The Hall–Kier alpha value is -1.42. The highest BCUT2D eigenvalue weighted by Gasteiger charge is 2.18. The summed E-state index contributed by atoms with van der Waals surface area (Å²) >= 11 is 0. The van der Waals surface area contributed by atoms with Gasteiger partial charge in [0.05, 0.1) is 5.56 Å². The minimum Gasteiger partial charge on any atom is -0.310 e. The lowest BCUT2D eigenvalue weighted by atomic mass is 10.1. The minimum absolute atomic E-state index is 0.0269. The van der Waals surface area contributed by atoms with Gasteiger partial charge in [0.15, 0.2) is 0 Å². The first-order chi connectivity index (χ1) is 8.08. The van der Waals surface area contributed by atoms with Crippen LogP contribution in [-0.2, 0) is 0 Å². The second kappa shape index (κ2) is 4.84. The van der Waals surface area contributed by atoms with Crippen LogP contribution in [0.3, 0.4) is 0 Å². The van der Waals surface area contributed by atoms with Crippen molar-refractivity contribution in [3.8, 4) is 0 Å². The predicted octanol–water partition coefficient (Wildman–Crippen LogP) is 1.76. The van der Waals surface area contributed by atoms with Crippen LogP contribution in [0.5, 0.6) is 0 Å². The van der Waals surface area contributed by atoms with Gasteiger partial charge in [-0.1, -0.05) is 12.2 Å². The molecule has 4 heteroatoms. The average molecular weight is 233 g/mol. The van der Waals surface area contributed by atoms with Gasteiger partial charge in [0, 0.05) is 17.8 Å². The fraction of sp³-hybridized carbons (Fsp3) is 0.538. The van der Waals surface area contributed by atoms with Crippen LogP contribution < -0.4 is 10.9 Å². The Morgan fingerprint density at radius 3 is 2.65 bits per heavy atom. The molecule has 2 N–H and O–H groups in total. The quantitative estimate of drug-likeness (QED) is 0.782. The Labute approximate surface area is 101 Å². The van der Waals surface area contributed by atoms with Crippen LogP contribution in [0.25, 0.3) is 0 Å². The van der Waals surface area contributed by atoms with E-state index in [1.54, 1.807) is 6.92 Å². The number of aromatic amines is 1. The predicted molar refractivity (Wildman–Crippen MR) is 68.0 cm³/mol. The summed E-state index contributed by atoms with van der Waals surface area (Å²) in [5.41, 5.74) is 1.54. The van der Waals surface area contributed by atoms with E-state index < -0.39 is 0 Å². The number of H-pyrrole nitrogens is 1. The van der Waals surface area contributed by atoms with E-state index in [4.69, 9.17) is 0 Å². The van der Waals surface area contributed by atoms with E-state index in [9.17, 15) is 4.79 Å². The molecule has 0 aliphatic heterocycles. The Balaban J connectivity index is 2.18. The molecular formula is C13H19N3O. The zero-order chi connectivity index (χ0) is 12.4. The summed E-state index contributed by atoms with van der Waals surface area (Å²) in [6.45, 7) is 5.72. The number of nitrogens with zero attached hydrogens (tertiary/aromatic N) is 1. The average Bonchev–Trinajstić information content (AvgIpc) is 2.68. The molecule has 17 heavy (non-hydrogen) atoms. The van der Waals surface area contributed by atoms with Crippen molar-refractivity contribution in [1.29, 1.82) is 0 Å². The van der Waals surface area contributed by atoms with Gasteiger partial charge in [-0.05, 0) is 33.6 Å². The number of rotatable bonds is 3. The molecule has 92 valence electrons. The lowest BCUT2D eigenvalue weighted by molar-refractivity contribution is 0.466. The summed E-state index contributed by atoms with van der Waals surface area (Å²) in [5.74, 6) is 0.672. The van der Waals surface area contributed by atoms with E-state index in [2.05, 4.69) is 27.4 Å². The van der Waals surface area contributed by atoms with Gasteiger partial charge in [-0.15, -0.1) is 0 Å². The van der Waals surface area contributed by atoms with Crippen molar-refractivity contribution in [2.45, 2.75) is 45.7 Å². The summed E-state index contributed by atoms with van der Waals surface area (Å²) in [7, 11) is 0. The monoisotopic (exact) mass is 233 g/mol. The van der Waals surface area contributed by atoms with Crippen LogP contribution in [0.2, 0.25) is 0 Å². The molecule has 1 aromatic heterocycles. The van der Waals surface area contributed by atoms with E-state index >= 15 is 0 Å². The summed E-state index contributed by atoms with van der Waals surface area (Å²) in [6.07, 6.45) is 6.44. The van der Waals surface area contributed by atoms with E-state index in [0.29, 0.717) is 11.9 Å². The molecule has 0 fully saturated rings. The summed E-state index contributed by atoms with van der Waals surface area (Å²) < 4.78 is 0. The molecule has 1 aliphatic carbocycles. The second-order valence-corrected chi connectivity index (χ2v) is 4.68. The number of nitrogens with one attached hydrogen (secondary N) is 2. The zero-order valence-electron chi connectivity index (χ0n) is 10.6. The molecule has 0 radical (unpaired) electrons. The Morgan fingerprint density at radius 2 is 2.06 bits per heavy atom. The first-order valence-electron chi connectivity index (χ1n) is 6.06. The molecule has 0 amide bonds. The lowest BCUT2D eigenvalue weighted by Gasteiger charge is -2.20. The lowest BCUT2D eigenvalue weighted by Crippen LogP contribution is -2.33. The van der Waals surface area contributed by atoms with Gasteiger partial charge in [-0.25, -0.2) is 4.98 Å². The number of hydrogen-bond acceptors (Lipinski definition) is 3. The van der Waals surface area contributed by atoms with Crippen molar-refractivity contribution in [3.63, 3.8) is 0 Å². The van der Waals surface area contributed by atoms with Crippen molar-refractivity contribution in [1.82, 2.24) is 15.3 Å². The molecule has 4 nitrogen and oxygen atoms in total. The van der Waals surface area contributed by atoms with Crippen LogP contribution in [0.4, 0.5) is 0 Å². The summed E-state index contributed by atoms with van der Waals surface area (Å²) in [5, 5.41) is 3.47. The number of aryl methyl sites for hydroxylation is 2. The second-order valence-electron chi connectivity index (χ2n) is 4.68. The van der Waals surface area contributed by atoms with Gasteiger partial charge in [0.2, 0.25) is 0 Å². The molecule has 1 heterocycles. The van der Waals surface area contributed by atoms with E-state index in [1.807, 2.05) is 13.8 Å². The van der Waals surface area contributed by atoms with Gasteiger partial charge in [0.25, 0.3) is 5.56 Å². The van der Waals surface area contributed by atoms with Crippen molar-refractivity contribution >= 4 is 0 Å². The molecule has 1 aromatic rings. The highest BCUT2D eigenvalue weighted by molar-refractivity contribution is 5.20. The van der Waals surface area contributed by atoms with Crippen LogP contribution in [-0.4, -0.2) is 16.0 Å². The maximum Gasteiger partial charge on any atom is 0.255 e. The maximum atomic E-state index is 11.9. The van der Waals surface area contributed by atoms with Crippen LogP contribution in [0.1, 0.15) is 42.9 Å². The van der Waals surface area contributed by atoms with Crippen molar-refractivity contribution < 1.29 is 0 Å². The molecule has 2 rings (SSSR count). The third-order valence-corrected chi connectivity index (χ3v) is 3.19. The van der Waals surface area contributed by atoms with Crippen LogP contribution in [0.15, 0.2) is 16.9 Å². The van der Waals surface area contributed by atoms with Gasteiger partial charge >= 0.3 is 0 Å². The molecule has 0 aromatic carbocycles. The maximum absolute atomic E-state index is 11.9. The van der Waals surface area contributed by atoms with E-state index in [1.165, 1.54) is 0 Å². The number of aromatic nitrogens is 2. The fourth-order valence-electron chi connectivity index (χ4n) is 2.44. The molecule has 1 aliphatic rings. The van der Waals surface area contributed by atoms with E-state index in [-0.39, 0.29) is 11.6 Å². The van der Waals surface area contributed by atoms with E-state index in [0.717, 1.165) is 24.1 Å². The van der Waals surface area contributed by atoms with Gasteiger partial charge in [-0.3, -0.25) is 4.79 Å². The summed E-state index contributed by atoms with van der Waals surface area (Å²) in [6, 6.07) is 0.488. The highest BCUT2D eigenvalue weighted by Crippen LogP contribution is 2.16. The SMILES string of the molecule is Cc1nc(C)c(C(C)NC2CC=CC2)c(=O)[nH]1. The van der Waals surface area contributed by atoms with Crippen LogP contribution in [0, 0.1) is 13.8 Å². The molecule has 0 saturated heterocycles. The van der Waals surface area contributed by atoms with Gasteiger partial charge in [-0.2, -0.15) is 0 Å². The first-order valence-corrected chi connectivity index (χ1v) is 6.06. The molecule has 0 saturated carbocycles. The molecular weight excluding hydrogens is 214 g/mol. The largest absolute Gasteiger partial charge is 0.310 e.